The zero-order valence-corrected chi connectivity index (χ0v) is 16.1. The van der Waals surface area contributed by atoms with Crippen molar-refractivity contribution in [2.75, 3.05) is 13.2 Å². The second-order valence-corrected chi connectivity index (χ2v) is 8.07. The third-order valence-electron chi connectivity index (χ3n) is 5.88. The number of allylic oxidation sites excluding steroid dienone is 9. The highest BCUT2D eigenvalue weighted by atomic mass is 16.5. The van der Waals surface area contributed by atoms with Crippen LogP contribution in [0.2, 0.25) is 0 Å². The van der Waals surface area contributed by atoms with Gasteiger partial charge in [-0.2, -0.15) is 0 Å². The van der Waals surface area contributed by atoms with Crippen molar-refractivity contribution in [2.24, 2.45) is 17.8 Å². The van der Waals surface area contributed by atoms with E-state index in [0.29, 0.717) is 5.92 Å². The van der Waals surface area contributed by atoms with Crippen LogP contribution < -0.4 is 0 Å². The van der Waals surface area contributed by atoms with Crippen LogP contribution in [0.1, 0.15) is 37.7 Å². The van der Waals surface area contributed by atoms with Crippen molar-refractivity contribution in [3.63, 3.8) is 0 Å². The molecule has 0 saturated carbocycles. The summed E-state index contributed by atoms with van der Waals surface area (Å²) in [5.74, 6) is 2.10. The molecule has 1 fully saturated rings. The Kier molecular flexibility index (Phi) is 6.21. The molecule has 0 radical (unpaired) electrons. The fourth-order valence-corrected chi connectivity index (χ4v) is 4.39. The lowest BCUT2D eigenvalue weighted by atomic mass is 9.83. The largest absolute Gasteiger partial charge is 0.381 e. The predicted molar refractivity (Wildman–Crippen MR) is 114 cm³/mol. The first-order valence-corrected chi connectivity index (χ1v) is 10.4. The monoisotopic (exact) mass is 358 g/mol. The molecule has 0 aromatic heterocycles. The summed E-state index contributed by atoms with van der Waals surface area (Å²) in [6.07, 6.45) is 24.9. The van der Waals surface area contributed by atoms with Crippen LogP contribution in [0.15, 0.2) is 84.0 Å². The van der Waals surface area contributed by atoms with Crippen molar-refractivity contribution in [3.05, 3.63) is 89.6 Å². The van der Waals surface area contributed by atoms with E-state index in [0.717, 1.165) is 31.5 Å². The summed E-state index contributed by atoms with van der Waals surface area (Å²) >= 11 is 0. The first kappa shape index (κ1) is 18.3. The SMILES string of the molecule is C1=CC(CC2C=CC(/C=C/c3ccccc3)=C2)=CC(CC2CCOCC2)C1. The predicted octanol–water partition coefficient (Wildman–Crippen LogP) is 6.52. The summed E-state index contributed by atoms with van der Waals surface area (Å²) in [6, 6.07) is 10.5. The van der Waals surface area contributed by atoms with E-state index in [-0.39, 0.29) is 0 Å². The van der Waals surface area contributed by atoms with Crippen LogP contribution >= 0.6 is 0 Å². The molecule has 0 N–H and O–H groups in total. The van der Waals surface area contributed by atoms with Crippen LogP contribution in [0, 0.1) is 17.8 Å². The highest BCUT2D eigenvalue weighted by molar-refractivity contribution is 5.55. The average Bonchev–Trinajstić information content (AvgIpc) is 3.16. The Balaban J connectivity index is 1.32. The lowest BCUT2D eigenvalue weighted by molar-refractivity contribution is 0.0606. The molecule has 1 heteroatoms. The Bertz CT molecular complexity index is 757. The molecular weight excluding hydrogens is 328 g/mol. The summed E-state index contributed by atoms with van der Waals surface area (Å²) in [5, 5.41) is 0. The fraction of sp³-hybridized carbons (Fsp3) is 0.385. The van der Waals surface area contributed by atoms with E-state index < -0.39 is 0 Å². The molecule has 3 aliphatic rings. The number of rotatable bonds is 6. The van der Waals surface area contributed by atoms with Gasteiger partial charge in [-0.25, -0.2) is 0 Å². The topological polar surface area (TPSA) is 9.23 Å². The maximum Gasteiger partial charge on any atom is 0.0468 e. The molecule has 1 saturated heterocycles. The van der Waals surface area contributed by atoms with E-state index in [1.54, 1.807) is 0 Å². The molecule has 1 aromatic carbocycles. The van der Waals surface area contributed by atoms with Gasteiger partial charge in [-0.15, -0.1) is 0 Å². The Morgan fingerprint density at radius 2 is 1.81 bits per heavy atom. The minimum atomic E-state index is 0.526. The Morgan fingerprint density at radius 1 is 0.963 bits per heavy atom. The van der Waals surface area contributed by atoms with Crippen LogP contribution in [-0.2, 0) is 4.74 Å². The van der Waals surface area contributed by atoms with Gasteiger partial charge in [0.2, 0.25) is 0 Å². The molecule has 4 rings (SSSR count). The quantitative estimate of drug-likeness (QED) is 0.562. The standard InChI is InChI=1S/C26H30O/c1-2-5-21(6-3-1)9-10-22-11-12-26(17-22)20-25-8-4-7-24(19-25)18-23-13-15-27-16-14-23/h1-6,8-12,17,19,23-24,26H,7,13-16,18,20H2/b10-9+. The maximum atomic E-state index is 5.51. The van der Waals surface area contributed by atoms with Crippen molar-refractivity contribution >= 4 is 6.08 Å². The Morgan fingerprint density at radius 3 is 2.67 bits per heavy atom. The molecule has 0 spiro atoms. The fourth-order valence-electron chi connectivity index (χ4n) is 4.39. The molecule has 2 unspecified atom stereocenters. The van der Waals surface area contributed by atoms with Crippen molar-refractivity contribution < 1.29 is 4.74 Å². The van der Waals surface area contributed by atoms with Gasteiger partial charge in [-0.3, -0.25) is 0 Å². The van der Waals surface area contributed by atoms with Crippen molar-refractivity contribution in [1.29, 1.82) is 0 Å². The summed E-state index contributed by atoms with van der Waals surface area (Å²) in [5.41, 5.74) is 4.09. The molecule has 0 amide bonds. The maximum absolute atomic E-state index is 5.51. The van der Waals surface area contributed by atoms with Gasteiger partial charge in [0.1, 0.15) is 0 Å². The third kappa shape index (κ3) is 5.43. The van der Waals surface area contributed by atoms with E-state index in [9.17, 15) is 0 Å². The van der Waals surface area contributed by atoms with Gasteiger partial charge in [-0.05, 0) is 61.0 Å². The van der Waals surface area contributed by atoms with E-state index >= 15 is 0 Å². The van der Waals surface area contributed by atoms with Gasteiger partial charge in [0.25, 0.3) is 0 Å². The molecule has 0 bridgehead atoms. The summed E-state index contributed by atoms with van der Waals surface area (Å²) in [7, 11) is 0. The van der Waals surface area contributed by atoms with Crippen LogP contribution in [0.3, 0.4) is 0 Å². The second-order valence-electron chi connectivity index (χ2n) is 8.07. The average molecular weight is 359 g/mol. The molecule has 1 heterocycles. The molecule has 27 heavy (non-hydrogen) atoms. The van der Waals surface area contributed by atoms with Crippen LogP contribution in [0.5, 0.6) is 0 Å². The molecule has 2 atom stereocenters. The number of benzene rings is 1. The Labute approximate surface area is 163 Å². The van der Waals surface area contributed by atoms with Gasteiger partial charge in [-0.1, -0.05) is 84.5 Å². The molecule has 140 valence electrons. The molecular formula is C26H30O. The second kappa shape index (κ2) is 9.19. The van der Waals surface area contributed by atoms with E-state index in [4.69, 9.17) is 4.74 Å². The lowest BCUT2D eigenvalue weighted by Gasteiger charge is -2.26. The lowest BCUT2D eigenvalue weighted by Crippen LogP contribution is -2.18. The van der Waals surface area contributed by atoms with Gasteiger partial charge < -0.3 is 4.74 Å². The van der Waals surface area contributed by atoms with Crippen molar-refractivity contribution in [2.45, 2.75) is 32.1 Å². The summed E-state index contributed by atoms with van der Waals surface area (Å²) in [6.45, 7) is 1.92. The first-order valence-electron chi connectivity index (χ1n) is 10.4. The minimum absolute atomic E-state index is 0.526. The molecule has 1 aliphatic heterocycles. The first-order chi connectivity index (χ1) is 13.3. The zero-order chi connectivity index (χ0) is 18.3. The summed E-state index contributed by atoms with van der Waals surface area (Å²) in [4.78, 5) is 0. The smallest absolute Gasteiger partial charge is 0.0468 e. The van der Waals surface area contributed by atoms with Crippen LogP contribution in [0.25, 0.3) is 6.08 Å². The van der Waals surface area contributed by atoms with E-state index in [2.05, 4.69) is 78.9 Å². The van der Waals surface area contributed by atoms with E-state index in [1.165, 1.54) is 42.4 Å². The molecule has 2 aliphatic carbocycles. The number of hydrogen-bond donors (Lipinski definition) is 0. The van der Waals surface area contributed by atoms with Crippen molar-refractivity contribution in [1.82, 2.24) is 0 Å². The van der Waals surface area contributed by atoms with Gasteiger partial charge in [0.05, 0.1) is 0 Å². The van der Waals surface area contributed by atoms with Crippen LogP contribution in [-0.4, -0.2) is 13.2 Å². The molecule has 1 aromatic rings. The highest BCUT2D eigenvalue weighted by Gasteiger charge is 2.20. The summed E-state index contributed by atoms with van der Waals surface area (Å²) < 4.78 is 5.51. The third-order valence-corrected chi connectivity index (χ3v) is 5.88. The van der Waals surface area contributed by atoms with E-state index in [1.807, 2.05) is 0 Å². The molecule has 1 nitrogen and oxygen atoms in total. The number of hydrogen-bond acceptors (Lipinski definition) is 1. The number of ether oxygens (including phenoxy) is 1. The minimum Gasteiger partial charge on any atom is -0.381 e. The Hall–Kier alpha value is -2.12. The normalized spacial score (nSPS) is 25.8. The van der Waals surface area contributed by atoms with Crippen molar-refractivity contribution in [3.8, 4) is 0 Å². The van der Waals surface area contributed by atoms with Gasteiger partial charge >= 0.3 is 0 Å². The highest BCUT2D eigenvalue weighted by Crippen LogP contribution is 2.32. The van der Waals surface area contributed by atoms with Gasteiger partial charge in [0, 0.05) is 13.2 Å². The zero-order valence-electron chi connectivity index (χ0n) is 16.1. The van der Waals surface area contributed by atoms with Crippen LogP contribution in [0.4, 0.5) is 0 Å². The van der Waals surface area contributed by atoms with Gasteiger partial charge in [0.15, 0.2) is 0 Å².